The average molecular weight is 805 g/mol. The zero-order valence-electron chi connectivity index (χ0n) is 31.4. The number of piperazine rings is 1. The molecule has 3 N–H and O–H groups in total. The van der Waals surface area contributed by atoms with Crippen molar-refractivity contribution in [2.45, 2.75) is 67.3 Å². The monoisotopic (exact) mass is 804 g/mol. The van der Waals surface area contributed by atoms with Crippen molar-refractivity contribution >= 4 is 28.1 Å². The number of hydrogen-bond acceptors (Lipinski definition) is 8. The number of aliphatic hydroxyl groups excluding tert-OH is 1. The summed E-state index contributed by atoms with van der Waals surface area (Å²) in [5.41, 5.74) is 1.74. The number of ether oxygens (including phenoxy) is 2. The Kier molecular flexibility index (Phi) is 13.5. The summed E-state index contributed by atoms with van der Waals surface area (Å²) in [4.78, 5) is 41.8. The molecule has 1 aliphatic carbocycles. The third-order valence-electron chi connectivity index (χ3n) is 10.6. The summed E-state index contributed by atoms with van der Waals surface area (Å²) in [5, 5.41) is 16.5. The summed E-state index contributed by atoms with van der Waals surface area (Å²) in [6, 6.07) is 25.5. The first-order chi connectivity index (χ1) is 27.4. The van der Waals surface area contributed by atoms with Crippen molar-refractivity contribution < 1.29 is 46.2 Å². The molecule has 1 saturated heterocycles. The number of rotatable bonds is 13. The maximum atomic E-state index is 14.3. The van der Waals surface area contributed by atoms with Crippen LogP contribution in [-0.4, -0.2) is 91.8 Å². The number of amides is 3. The number of methoxy groups -OCH3 is 1. The molecule has 12 nitrogen and oxygen atoms in total. The predicted molar refractivity (Wildman–Crippen MR) is 206 cm³/mol. The summed E-state index contributed by atoms with van der Waals surface area (Å²) in [7, 11) is -2.81. The number of aliphatic hydroxyl groups is 1. The lowest BCUT2D eigenvalue weighted by Gasteiger charge is -2.40. The van der Waals surface area contributed by atoms with Crippen LogP contribution in [0.2, 0.25) is 0 Å². The maximum Gasteiger partial charge on any atom is 0.410 e. The lowest BCUT2D eigenvalue weighted by Crippen LogP contribution is -2.56. The van der Waals surface area contributed by atoms with Crippen molar-refractivity contribution in [3.63, 3.8) is 0 Å². The van der Waals surface area contributed by atoms with Gasteiger partial charge in [0, 0.05) is 37.6 Å². The molecule has 1 heterocycles. The summed E-state index contributed by atoms with van der Waals surface area (Å²) in [5.74, 6) is -2.87. The summed E-state index contributed by atoms with van der Waals surface area (Å²) in [6.45, 7) is 0.275. The van der Waals surface area contributed by atoms with Gasteiger partial charge in [0.1, 0.15) is 24.3 Å². The van der Waals surface area contributed by atoms with Gasteiger partial charge in [-0.05, 0) is 84.7 Å². The second kappa shape index (κ2) is 18.7. The molecule has 0 aromatic heterocycles. The molecule has 0 radical (unpaired) electrons. The highest BCUT2D eigenvalue weighted by Gasteiger charge is 2.42. The van der Waals surface area contributed by atoms with Crippen LogP contribution in [0.25, 0.3) is 0 Å². The van der Waals surface area contributed by atoms with Crippen LogP contribution in [0.3, 0.4) is 0 Å². The molecule has 0 spiro atoms. The van der Waals surface area contributed by atoms with Gasteiger partial charge in [-0.15, -0.1) is 0 Å². The molecule has 3 amide bonds. The van der Waals surface area contributed by atoms with Crippen LogP contribution in [0.5, 0.6) is 0 Å². The molecule has 302 valence electrons. The molecule has 57 heavy (non-hydrogen) atoms. The summed E-state index contributed by atoms with van der Waals surface area (Å²) < 4.78 is 67.8. The lowest BCUT2D eigenvalue weighted by atomic mass is 9.84. The summed E-state index contributed by atoms with van der Waals surface area (Å²) >= 11 is 0. The van der Waals surface area contributed by atoms with Gasteiger partial charge in [0.25, 0.3) is 0 Å². The van der Waals surface area contributed by atoms with Crippen LogP contribution in [0.1, 0.15) is 48.3 Å². The van der Waals surface area contributed by atoms with Gasteiger partial charge in [0.2, 0.25) is 15.9 Å². The highest BCUT2D eigenvalue weighted by Crippen LogP contribution is 2.34. The first kappa shape index (κ1) is 41.3. The van der Waals surface area contributed by atoms with Gasteiger partial charge < -0.3 is 30.1 Å². The molecule has 1 saturated carbocycles. The topological polar surface area (TPSA) is 155 Å². The zero-order chi connectivity index (χ0) is 40.5. The Morgan fingerprint density at radius 3 is 2.02 bits per heavy atom. The number of nitrogens with one attached hydrogen (secondary N) is 2. The van der Waals surface area contributed by atoms with Crippen molar-refractivity contribution in [3.05, 3.63) is 138 Å². The second-order valence-electron chi connectivity index (χ2n) is 14.3. The number of hydrogen-bond donors (Lipinski definition) is 3. The number of benzene rings is 4. The molecule has 0 bridgehead atoms. The Hall–Kier alpha value is -5.38. The molecule has 5 atom stereocenters. The number of nitrogens with zero attached hydrogens (tertiary/aromatic N) is 2. The SMILES string of the molecule is COC(=O)N[C@@H](C(=O)NC1CC(O)CC1CC[C@H]1CN(C(=O)OCc2ccccc2)CCN1S(=O)(=O)c1ccccc1)C(c1ccc(F)cc1)c1ccc(F)cc1. The van der Waals surface area contributed by atoms with Crippen LogP contribution in [0.15, 0.2) is 114 Å². The van der Waals surface area contributed by atoms with E-state index in [2.05, 4.69) is 10.6 Å². The van der Waals surface area contributed by atoms with E-state index in [1.807, 2.05) is 30.3 Å². The average Bonchev–Trinajstić information content (AvgIpc) is 3.58. The number of alkyl carbamates (subject to hydrolysis) is 1. The number of halogens is 2. The molecular weight excluding hydrogens is 759 g/mol. The van der Waals surface area contributed by atoms with Crippen molar-refractivity contribution in [1.29, 1.82) is 0 Å². The minimum absolute atomic E-state index is 0.0326. The number of carbonyl (C=O) groups excluding carboxylic acids is 3. The largest absolute Gasteiger partial charge is 0.453 e. The first-order valence-electron chi connectivity index (χ1n) is 18.8. The molecular formula is C42H46F2N4O8S. The van der Waals surface area contributed by atoms with Gasteiger partial charge in [-0.2, -0.15) is 4.31 Å². The highest BCUT2D eigenvalue weighted by atomic mass is 32.2. The second-order valence-corrected chi connectivity index (χ2v) is 16.2. The molecule has 4 aromatic rings. The van der Waals surface area contributed by atoms with Gasteiger partial charge in [0.15, 0.2) is 0 Å². The van der Waals surface area contributed by atoms with Crippen molar-refractivity contribution in [3.8, 4) is 0 Å². The van der Waals surface area contributed by atoms with Crippen LogP contribution >= 0.6 is 0 Å². The van der Waals surface area contributed by atoms with Gasteiger partial charge in [-0.25, -0.2) is 26.8 Å². The Morgan fingerprint density at radius 1 is 0.825 bits per heavy atom. The van der Waals surface area contributed by atoms with E-state index >= 15 is 0 Å². The maximum absolute atomic E-state index is 14.3. The molecule has 2 aliphatic rings. The van der Waals surface area contributed by atoms with Gasteiger partial charge in [-0.3, -0.25) is 4.79 Å². The minimum atomic E-state index is -3.96. The van der Waals surface area contributed by atoms with Crippen molar-refractivity contribution in [2.75, 3.05) is 26.7 Å². The van der Waals surface area contributed by atoms with E-state index in [9.17, 15) is 36.7 Å². The lowest BCUT2D eigenvalue weighted by molar-refractivity contribution is -0.124. The van der Waals surface area contributed by atoms with Crippen LogP contribution < -0.4 is 10.6 Å². The minimum Gasteiger partial charge on any atom is -0.453 e. The quantitative estimate of drug-likeness (QED) is 0.159. The molecule has 3 unspecified atom stereocenters. The summed E-state index contributed by atoms with van der Waals surface area (Å²) in [6.07, 6.45) is -1.10. The third-order valence-corrected chi connectivity index (χ3v) is 12.6. The molecule has 15 heteroatoms. The predicted octanol–water partition coefficient (Wildman–Crippen LogP) is 5.57. The zero-order valence-corrected chi connectivity index (χ0v) is 32.2. The van der Waals surface area contributed by atoms with E-state index < -0.39 is 69.9 Å². The normalized spacial score (nSPS) is 20.5. The number of sulfonamides is 1. The van der Waals surface area contributed by atoms with Crippen molar-refractivity contribution in [1.82, 2.24) is 19.8 Å². The first-order valence-corrected chi connectivity index (χ1v) is 20.2. The highest BCUT2D eigenvalue weighted by molar-refractivity contribution is 7.89. The number of carbonyl (C=O) groups is 3. The standard InChI is InChI=1S/C42H46F2N4O8S/c1-55-41(51)46-39(38(29-12-17-32(43)18-13-29)30-14-19-33(44)20-15-30)40(50)45-37-25-35(49)24-31(37)16-21-34-26-47(42(52)56-27-28-8-4-2-5-9-28)22-23-48(34)57(53,54)36-10-6-3-7-11-36/h2-15,17-20,31,34-35,37-39,49H,16,21-27H2,1H3,(H,45,50)(H,46,51)/t31?,34-,35?,37?,39+/m0/s1. The fourth-order valence-electron chi connectivity index (χ4n) is 7.77. The Balaban J connectivity index is 1.22. The van der Waals surface area contributed by atoms with Crippen LogP contribution in [0.4, 0.5) is 18.4 Å². The molecule has 1 aliphatic heterocycles. The van der Waals surface area contributed by atoms with E-state index in [0.717, 1.165) is 12.7 Å². The van der Waals surface area contributed by atoms with Gasteiger partial charge in [-0.1, -0.05) is 72.8 Å². The van der Waals surface area contributed by atoms with Crippen LogP contribution in [0, 0.1) is 17.6 Å². The Bertz CT molecular complexity index is 2030. The van der Waals surface area contributed by atoms with Gasteiger partial charge in [0.05, 0.1) is 18.1 Å². The Morgan fingerprint density at radius 2 is 1.42 bits per heavy atom. The van der Waals surface area contributed by atoms with E-state index in [-0.39, 0.29) is 49.9 Å². The molecule has 6 rings (SSSR count). The fourth-order valence-corrected chi connectivity index (χ4v) is 9.43. The van der Waals surface area contributed by atoms with E-state index in [4.69, 9.17) is 9.47 Å². The van der Waals surface area contributed by atoms with Gasteiger partial charge >= 0.3 is 12.2 Å². The molecule has 4 aromatic carbocycles. The van der Waals surface area contributed by atoms with E-state index in [1.165, 1.54) is 69.9 Å². The fraction of sp³-hybridized carbons (Fsp3) is 0.357. The Labute approximate surface area is 330 Å². The van der Waals surface area contributed by atoms with E-state index in [0.29, 0.717) is 24.0 Å². The molecule has 2 fully saturated rings. The third kappa shape index (κ3) is 10.3. The van der Waals surface area contributed by atoms with E-state index in [1.54, 1.807) is 18.2 Å². The smallest absolute Gasteiger partial charge is 0.410 e. The van der Waals surface area contributed by atoms with Crippen molar-refractivity contribution in [2.24, 2.45) is 5.92 Å². The van der Waals surface area contributed by atoms with Crippen LogP contribution in [-0.2, 0) is 30.9 Å².